The Hall–Kier alpha value is -2.22. The van der Waals surface area contributed by atoms with E-state index in [2.05, 4.69) is 33.9 Å². The fourth-order valence-electron chi connectivity index (χ4n) is 3.63. The third-order valence-corrected chi connectivity index (χ3v) is 6.74. The van der Waals surface area contributed by atoms with E-state index in [0.717, 1.165) is 42.7 Å². The minimum absolute atomic E-state index is 0.0453. The molecule has 1 saturated heterocycles. The molecule has 3 heterocycles. The third-order valence-electron chi connectivity index (χ3n) is 5.31. The van der Waals surface area contributed by atoms with Crippen LogP contribution in [0.25, 0.3) is 10.2 Å². The Morgan fingerprint density at radius 3 is 2.59 bits per heavy atom. The van der Waals surface area contributed by atoms with Gasteiger partial charge in [0.1, 0.15) is 16.5 Å². The average molecular weight is 430 g/mol. The molecule has 0 aliphatic carbocycles. The largest absolute Gasteiger partial charge is 0.353 e. The molecule has 3 aromatic rings. The second-order valence-electron chi connectivity index (χ2n) is 7.35. The minimum atomic E-state index is -0.0453. The Morgan fingerprint density at radius 1 is 1.14 bits per heavy atom. The number of rotatable bonds is 4. The van der Waals surface area contributed by atoms with E-state index in [-0.39, 0.29) is 5.91 Å². The predicted molar refractivity (Wildman–Crippen MR) is 120 cm³/mol. The van der Waals surface area contributed by atoms with Crippen LogP contribution in [0.1, 0.15) is 16.3 Å². The van der Waals surface area contributed by atoms with Gasteiger partial charge in [0.2, 0.25) is 5.91 Å². The molecule has 1 fully saturated rings. The van der Waals surface area contributed by atoms with Crippen LogP contribution in [0.15, 0.2) is 24.3 Å². The topological polar surface area (TPSA) is 61.4 Å². The number of fused-ring (bicyclic) bond motifs is 1. The number of benzene rings is 1. The summed E-state index contributed by atoms with van der Waals surface area (Å²) >= 11 is 7.86. The molecule has 0 unspecified atom stereocenters. The number of carbonyl (C=O) groups excluding carboxylic acids is 1. The van der Waals surface area contributed by atoms with Crippen LogP contribution in [0.5, 0.6) is 0 Å². The van der Waals surface area contributed by atoms with Gasteiger partial charge in [0.15, 0.2) is 0 Å². The van der Waals surface area contributed by atoms with E-state index in [1.54, 1.807) is 17.4 Å². The Morgan fingerprint density at radius 2 is 1.86 bits per heavy atom. The molecule has 1 aliphatic heterocycles. The van der Waals surface area contributed by atoms with E-state index >= 15 is 0 Å². The fraction of sp³-hybridized carbons (Fsp3) is 0.381. The van der Waals surface area contributed by atoms with Crippen molar-refractivity contribution < 1.29 is 4.79 Å². The van der Waals surface area contributed by atoms with E-state index in [0.29, 0.717) is 17.3 Å². The SMILES string of the molecule is Cc1nc(N2CCN(CC(=O)Nc3ccccc3Cl)CC2)c2c(C)c(C)sc2n1. The summed E-state index contributed by atoms with van der Waals surface area (Å²) in [5.41, 5.74) is 1.92. The molecule has 0 saturated carbocycles. The van der Waals surface area contributed by atoms with E-state index in [4.69, 9.17) is 16.6 Å². The predicted octanol–water partition coefficient (Wildman–Crippen LogP) is 4.03. The van der Waals surface area contributed by atoms with Gasteiger partial charge in [-0.05, 0) is 38.5 Å². The van der Waals surface area contributed by atoms with Crippen molar-refractivity contribution in [1.29, 1.82) is 0 Å². The molecule has 0 atom stereocenters. The molecule has 6 nitrogen and oxygen atoms in total. The number of nitrogens with one attached hydrogen (secondary N) is 1. The smallest absolute Gasteiger partial charge is 0.238 e. The van der Waals surface area contributed by atoms with Crippen LogP contribution >= 0.6 is 22.9 Å². The van der Waals surface area contributed by atoms with Gasteiger partial charge in [0.05, 0.1) is 22.6 Å². The molecule has 0 radical (unpaired) electrons. The van der Waals surface area contributed by atoms with Crippen LogP contribution in [0, 0.1) is 20.8 Å². The average Bonchev–Trinajstić information content (AvgIpc) is 2.97. The summed E-state index contributed by atoms with van der Waals surface area (Å²) in [6, 6.07) is 7.29. The van der Waals surface area contributed by atoms with Gasteiger partial charge < -0.3 is 10.2 Å². The Kier molecular flexibility index (Phi) is 5.72. The summed E-state index contributed by atoms with van der Waals surface area (Å²) in [6.45, 7) is 9.86. The minimum Gasteiger partial charge on any atom is -0.353 e. The van der Waals surface area contributed by atoms with Crippen LogP contribution in [0.2, 0.25) is 5.02 Å². The van der Waals surface area contributed by atoms with Crippen molar-refractivity contribution >= 4 is 50.6 Å². The number of para-hydroxylation sites is 1. The standard InChI is InChI=1S/C21H24ClN5OS/c1-13-14(2)29-21-19(13)20(23-15(3)24-21)27-10-8-26(9-11-27)12-18(28)25-17-7-5-4-6-16(17)22/h4-7H,8-12H2,1-3H3,(H,25,28). The number of thiophene rings is 1. The van der Waals surface area contributed by atoms with E-state index in [1.807, 2.05) is 25.1 Å². The zero-order valence-electron chi connectivity index (χ0n) is 16.8. The highest BCUT2D eigenvalue weighted by Crippen LogP contribution is 2.35. The van der Waals surface area contributed by atoms with Crippen molar-refractivity contribution in [3.8, 4) is 0 Å². The number of hydrogen-bond donors (Lipinski definition) is 1. The summed E-state index contributed by atoms with van der Waals surface area (Å²) in [7, 11) is 0. The quantitative estimate of drug-likeness (QED) is 0.678. The Balaban J connectivity index is 1.42. The zero-order chi connectivity index (χ0) is 20.5. The number of aryl methyl sites for hydroxylation is 3. The van der Waals surface area contributed by atoms with Crippen molar-refractivity contribution in [1.82, 2.24) is 14.9 Å². The monoisotopic (exact) mass is 429 g/mol. The first-order valence-electron chi connectivity index (χ1n) is 9.68. The van der Waals surface area contributed by atoms with Gasteiger partial charge in [-0.15, -0.1) is 11.3 Å². The first-order chi connectivity index (χ1) is 13.9. The van der Waals surface area contributed by atoms with Crippen molar-refractivity contribution in [2.75, 3.05) is 42.9 Å². The number of anilines is 2. The van der Waals surface area contributed by atoms with E-state index < -0.39 is 0 Å². The summed E-state index contributed by atoms with van der Waals surface area (Å²) in [6.07, 6.45) is 0. The number of aromatic nitrogens is 2. The van der Waals surface area contributed by atoms with Gasteiger partial charge >= 0.3 is 0 Å². The van der Waals surface area contributed by atoms with E-state index in [9.17, 15) is 4.79 Å². The third kappa shape index (κ3) is 4.22. The molecule has 0 spiro atoms. The van der Waals surface area contributed by atoms with Crippen molar-refractivity contribution in [3.05, 3.63) is 45.6 Å². The second kappa shape index (κ2) is 8.26. The fourth-order valence-corrected chi connectivity index (χ4v) is 4.89. The van der Waals surface area contributed by atoms with Gasteiger partial charge in [-0.25, -0.2) is 9.97 Å². The highest BCUT2D eigenvalue weighted by Gasteiger charge is 2.24. The van der Waals surface area contributed by atoms with E-state index in [1.165, 1.54) is 15.8 Å². The molecule has 2 aromatic heterocycles. The molecular formula is C21H24ClN5OS. The molecule has 152 valence electrons. The van der Waals surface area contributed by atoms with Crippen molar-refractivity contribution in [2.24, 2.45) is 0 Å². The number of nitrogens with zero attached hydrogens (tertiary/aromatic N) is 4. The molecule has 0 bridgehead atoms. The van der Waals surface area contributed by atoms with Gasteiger partial charge in [-0.1, -0.05) is 23.7 Å². The van der Waals surface area contributed by atoms with Crippen molar-refractivity contribution in [3.63, 3.8) is 0 Å². The highest BCUT2D eigenvalue weighted by atomic mass is 35.5. The maximum Gasteiger partial charge on any atom is 0.238 e. The summed E-state index contributed by atoms with van der Waals surface area (Å²) in [4.78, 5) is 28.6. The summed E-state index contributed by atoms with van der Waals surface area (Å²) < 4.78 is 0. The molecular weight excluding hydrogens is 406 g/mol. The second-order valence-corrected chi connectivity index (χ2v) is 8.96. The lowest BCUT2D eigenvalue weighted by Gasteiger charge is -2.35. The highest BCUT2D eigenvalue weighted by molar-refractivity contribution is 7.18. The number of piperazine rings is 1. The normalized spacial score (nSPS) is 15.1. The lowest BCUT2D eigenvalue weighted by molar-refractivity contribution is -0.117. The maximum atomic E-state index is 12.4. The lowest BCUT2D eigenvalue weighted by Crippen LogP contribution is -2.49. The molecule has 1 N–H and O–H groups in total. The van der Waals surface area contributed by atoms with Gasteiger partial charge in [0, 0.05) is 31.1 Å². The molecule has 8 heteroatoms. The first-order valence-corrected chi connectivity index (χ1v) is 10.9. The van der Waals surface area contributed by atoms with Crippen LogP contribution in [-0.4, -0.2) is 53.5 Å². The Labute approximate surface area is 179 Å². The first kappa shape index (κ1) is 20.1. The maximum absolute atomic E-state index is 12.4. The number of halogens is 1. The molecule has 4 rings (SSSR count). The van der Waals surface area contributed by atoms with Gasteiger partial charge in [0.25, 0.3) is 0 Å². The summed E-state index contributed by atoms with van der Waals surface area (Å²) in [5, 5.41) is 4.62. The molecule has 1 amide bonds. The lowest BCUT2D eigenvalue weighted by atomic mass is 10.2. The number of amides is 1. The van der Waals surface area contributed by atoms with Crippen LogP contribution < -0.4 is 10.2 Å². The molecule has 29 heavy (non-hydrogen) atoms. The zero-order valence-corrected chi connectivity index (χ0v) is 18.4. The number of carbonyl (C=O) groups is 1. The van der Waals surface area contributed by atoms with Crippen LogP contribution in [0.3, 0.4) is 0 Å². The van der Waals surface area contributed by atoms with Crippen LogP contribution in [-0.2, 0) is 4.79 Å². The van der Waals surface area contributed by atoms with Gasteiger partial charge in [-0.2, -0.15) is 0 Å². The molecule has 1 aromatic carbocycles. The van der Waals surface area contributed by atoms with Crippen LogP contribution in [0.4, 0.5) is 11.5 Å². The van der Waals surface area contributed by atoms with Crippen molar-refractivity contribution in [2.45, 2.75) is 20.8 Å². The van der Waals surface area contributed by atoms with Gasteiger partial charge in [-0.3, -0.25) is 9.69 Å². The summed E-state index contributed by atoms with van der Waals surface area (Å²) in [5.74, 6) is 1.78. The number of hydrogen-bond acceptors (Lipinski definition) is 6. The molecule has 1 aliphatic rings. The Bertz CT molecular complexity index is 1060.